The van der Waals surface area contributed by atoms with E-state index in [1.54, 1.807) is 18.2 Å². The molecule has 0 unspecified atom stereocenters. The summed E-state index contributed by atoms with van der Waals surface area (Å²) in [6.45, 7) is 3.22. The molecule has 0 saturated carbocycles. The lowest BCUT2D eigenvalue weighted by molar-refractivity contribution is 0.209. The standard InChI is InChI=1S/C24H25F2N3/c25-19-5-6-22-21(13-19)18(15-27-22)2-1-9-29-10-7-16(8-11-29)23-12-17-3-4-20(26)14-24(17)28-23/h3-6,12-16,27-28H,1-2,7-11H2. The van der Waals surface area contributed by atoms with Crippen LogP contribution in [-0.2, 0) is 6.42 Å². The highest BCUT2D eigenvalue weighted by atomic mass is 19.1. The highest BCUT2D eigenvalue weighted by Crippen LogP contribution is 2.30. The highest BCUT2D eigenvalue weighted by Gasteiger charge is 2.22. The molecule has 1 fully saturated rings. The SMILES string of the molecule is Fc1ccc2cc(C3CCN(CCCc4c[nH]c5ccc(F)cc45)CC3)[nH]c2c1. The number of fused-ring (bicyclic) bond motifs is 2. The summed E-state index contributed by atoms with van der Waals surface area (Å²) >= 11 is 0. The topological polar surface area (TPSA) is 34.8 Å². The molecule has 1 aliphatic rings. The molecule has 4 aromatic rings. The Morgan fingerprint density at radius 3 is 2.59 bits per heavy atom. The minimum absolute atomic E-state index is 0.180. The van der Waals surface area contributed by atoms with Gasteiger partial charge in [-0.15, -0.1) is 0 Å². The second-order valence-electron chi connectivity index (χ2n) is 8.18. The Morgan fingerprint density at radius 1 is 0.931 bits per heavy atom. The van der Waals surface area contributed by atoms with Crippen LogP contribution in [0.5, 0.6) is 0 Å². The van der Waals surface area contributed by atoms with Gasteiger partial charge in [0.1, 0.15) is 11.6 Å². The van der Waals surface area contributed by atoms with Crippen molar-refractivity contribution in [1.82, 2.24) is 14.9 Å². The van der Waals surface area contributed by atoms with Crippen molar-refractivity contribution >= 4 is 21.8 Å². The predicted octanol–water partition coefficient (Wildman–Crippen LogP) is 5.74. The van der Waals surface area contributed by atoms with E-state index in [0.29, 0.717) is 5.92 Å². The van der Waals surface area contributed by atoms with Gasteiger partial charge in [-0.2, -0.15) is 0 Å². The van der Waals surface area contributed by atoms with E-state index in [2.05, 4.69) is 20.9 Å². The van der Waals surface area contributed by atoms with Gasteiger partial charge in [0.2, 0.25) is 0 Å². The second kappa shape index (κ2) is 7.64. The van der Waals surface area contributed by atoms with Crippen molar-refractivity contribution in [3.8, 4) is 0 Å². The molecule has 5 heteroatoms. The van der Waals surface area contributed by atoms with E-state index in [4.69, 9.17) is 0 Å². The van der Waals surface area contributed by atoms with E-state index < -0.39 is 0 Å². The molecule has 0 aliphatic carbocycles. The molecule has 150 valence electrons. The molecule has 29 heavy (non-hydrogen) atoms. The van der Waals surface area contributed by atoms with Crippen LogP contribution in [0.1, 0.15) is 36.4 Å². The second-order valence-corrected chi connectivity index (χ2v) is 8.18. The Balaban J connectivity index is 1.15. The van der Waals surface area contributed by atoms with Gasteiger partial charge in [0.15, 0.2) is 0 Å². The molecule has 1 saturated heterocycles. The van der Waals surface area contributed by atoms with Gasteiger partial charge in [0.25, 0.3) is 0 Å². The maximum absolute atomic E-state index is 13.5. The first-order chi connectivity index (χ1) is 14.2. The molecule has 0 radical (unpaired) electrons. The van der Waals surface area contributed by atoms with Crippen molar-refractivity contribution < 1.29 is 8.78 Å². The van der Waals surface area contributed by atoms with Crippen molar-refractivity contribution in [2.75, 3.05) is 19.6 Å². The van der Waals surface area contributed by atoms with Gasteiger partial charge >= 0.3 is 0 Å². The molecule has 2 aromatic heterocycles. The van der Waals surface area contributed by atoms with E-state index in [1.165, 1.54) is 23.4 Å². The van der Waals surface area contributed by atoms with E-state index in [1.807, 2.05) is 12.3 Å². The molecule has 1 aliphatic heterocycles. The van der Waals surface area contributed by atoms with Crippen molar-refractivity contribution in [2.45, 2.75) is 31.6 Å². The number of hydrogen-bond donors (Lipinski definition) is 2. The van der Waals surface area contributed by atoms with Crippen molar-refractivity contribution in [3.63, 3.8) is 0 Å². The molecular weight excluding hydrogens is 368 g/mol. The third-order valence-corrected chi connectivity index (χ3v) is 6.28. The number of nitrogens with zero attached hydrogens (tertiary/aromatic N) is 1. The summed E-state index contributed by atoms with van der Waals surface area (Å²) in [6, 6.07) is 12.0. The largest absolute Gasteiger partial charge is 0.361 e. The van der Waals surface area contributed by atoms with Crippen LogP contribution in [0.15, 0.2) is 48.7 Å². The Bertz CT molecular complexity index is 1140. The van der Waals surface area contributed by atoms with Crippen LogP contribution < -0.4 is 0 Å². The maximum Gasteiger partial charge on any atom is 0.125 e. The molecule has 0 spiro atoms. The maximum atomic E-state index is 13.5. The van der Waals surface area contributed by atoms with E-state index in [9.17, 15) is 8.78 Å². The van der Waals surface area contributed by atoms with Crippen LogP contribution >= 0.6 is 0 Å². The first-order valence-corrected chi connectivity index (χ1v) is 10.4. The van der Waals surface area contributed by atoms with Gasteiger partial charge in [0, 0.05) is 34.2 Å². The van der Waals surface area contributed by atoms with Crippen LogP contribution in [0.25, 0.3) is 21.8 Å². The summed E-state index contributed by atoms with van der Waals surface area (Å²) in [5.41, 5.74) is 4.31. The van der Waals surface area contributed by atoms with Crippen LogP contribution in [0.4, 0.5) is 8.78 Å². The molecule has 0 atom stereocenters. The summed E-state index contributed by atoms with van der Waals surface area (Å²) in [5.74, 6) is 0.136. The fourth-order valence-corrected chi connectivity index (χ4v) is 4.66. The molecule has 5 rings (SSSR count). The molecule has 3 heterocycles. The fraction of sp³-hybridized carbons (Fsp3) is 0.333. The zero-order chi connectivity index (χ0) is 19.8. The molecule has 3 nitrogen and oxygen atoms in total. The normalized spacial score (nSPS) is 16.2. The Labute approximate surface area is 168 Å². The molecule has 0 bridgehead atoms. The summed E-state index contributed by atoms with van der Waals surface area (Å²) in [5, 5.41) is 2.08. The van der Waals surface area contributed by atoms with Gasteiger partial charge in [-0.25, -0.2) is 8.78 Å². The van der Waals surface area contributed by atoms with Gasteiger partial charge in [-0.05, 0) is 98.7 Å². The summed E-state index contributed by atoms with van der Waals surface area (Å²) in [6.07, 6.45) is 6.27. The summed E-state index contributed by atoms with van der Waals surface area (Å²) < 4.78 is 26.9. The minimum atomic E-state index is -0.196. The van der Waals surface area contributed by atoms with E-state index >= 15 is 0 Å². The van der Waals surface area contributed by atoms with E-state index in [-0.39, 0.29) is 11.6 Å². The number of benzene rings is 2. The van der Waals surface area contributed by atoms with Gasteiger partial charge in [0.05, 0.1) is 0 Å². The molecular formula is C24H25F2N3. The van der Waals surface area contributed by atoms with Crippen LogP contribution in [0.3, 0.4) is 0 Å². The Morgan fingerprint density at radius 2 is 1.72 bits per heavy atom. The zero-order valence-corrected chi connectivity index (χ0v) is 16.3. The molecule has 2 aromatic carbocycles. The number of aromatic amines is 2. The lowest BCUT2D eigenvalue weighted by atomic mass is 9.93. The molecule has 2 N–H and O–H groups in total. The lowest BCUT2D eigenvalue weighted by Crippen LogP contribution is -2.33. The molecule has 0 amide bonds. The minimum Gasteiger partial charge on any atom is -0.361 e. The van der Waals surface area contributed by atoms with Crippen LogP contribution in [-0.4, -0.2) is 34.5 Å². The number of rotatable bonds is 5. The number of aromatic nitrogens is 2. The third kappa shape index (κ3) is 3.79. The number of nitrogens with one attached hydrogen (secondary N) is 2. The number of aryl methyl sites for hydroxylation is 1. The predicted molar refractivity (Wildman–Crippen MR) is 113 cm³/mol. The zero-order valence-electron chi connectivity index (χ0n) is 16.3. The quantitative estimate of drug-likeness (QED) is 0.446. The number of hydrogen-bond acceptors (Lipinski definition) is 1. The highest BCUT2D eigenvalue weighted by molar-refractivity contribution is 5.83. The van der Waals surface area contributed by atoms with Crippen molar-refractivity contribution in [1.29, 1.82) is 0 Å². The Hall–Kier alpha value is -2.66. The first kappa shape index (κ1) is 18.4. The first-order valence-electron chi connectivity index (χ1n) is 10.4. The van der Waals surface area contributed by atoms with Gasteiger partial charge in [-0.1, -0.05) is 0 Å². The number of H-pyrrole nitrogens is 2. The summed E-state index contributed by atoms with van der Waals surface area (Å²) in [7, 11) is 0. The average Bonchev–Trinajstić information content (AvgIpc) is 3.32. The number of likely N-dealkylation sites (tertiary alicyclic amines) is 1. The average molecular weight is 393 g/mol. The van der Waals surface area contributed by atoms with Gasteiger partial charge in [-0.3, -0.25) is 0 Å². The monoisotopic (exact) mass is 393 g/mol. The third-order valence-electron chi connectivity index (χ3n) is 6.28. The smallest absolute Gasteiger partial charge is 0.125 e. The van der Waals surface area contributed by atoms with Crippen LogP contribution in [0.2, 0.25) is 0 Å². The lowest BCUT2D eigenvalue weighted by Gasteiger charge is -2.31. The van der Waals surface area contributed by atoms with Crippen molar-refractivity contribution in [3.05, 3.63) is 71.6 Å². The Kier molecular flexibility index (Phi) is 4.84. The van der Waals surface area contributed by atoms with E-state index in [0.717, 1.165) is 67.1 Å². The van der Waals surface area contributed by atoms with Crippen molar-refractivity contribution in [2.24, 2.45) is 0 Å². The van der Waals surface area contributed by atoms with Crippen LogP contribution in [0, 0.1) is 11.6 Å². The summed E-state index contributed by atoms with van der Waals surface area (Å²) in [4.78, 5) is 9.17. The van der Waals surface area contributed by atoms with Gasteiger partial charge < -0.3 is 14.9 Å². The fourth-order valence-electron chi connectivity index (χ4n) is 4.66. The number of piperidine rings is 1. The number of halogens is 2.